The number of hydrogen-bond acceptors (Lipinski definition) is 12. The molecule has 1 aromatic carbocycles. The lowest BCUT2D eigenvalue weighted by Gasteiger charge is -2.49. The van der Waals surface area contributed by atoms with Crippen molar-refractivity contribution in [3.8, 4) is 11.8 Å². The van der Waals surface area contributed by atoms with Gasteiger partial charge >= 0.3 is 18.1 Å². The maximum absolute atomic E-state index is 12.8. The van der Waals surface area contributed by atoms with E-state index in [1.807, 2.05) is 6.07 Å². The first kappa shape index (κ1) is 30.7. The van der Waals surface area contributed by atoms with E-state index in [0.29, 0.717) is 16.9 Å². The lowest BCUT2D eigenvalue weighted by molar-refractivity contribution is -0.192. The number of benzene rings is 1. The van der Waals surface area contributed by atoms with Crippen molar-refractivity contribution in [2.24, 2.45) is 5.16 Å². The van der Waals surface area contributed by atoms with Crippen LogP contribution in [0.15, 0.2) is 46.1 Å². The van der Waals surface area contributed by atoms with E-state index >= 15 is 0 Å². The molecule has 2 amide bonds. The number of oxime groups is 1. The van der Waals surface area contributed by atoms with Gasteiger partial charge in [0, 0.05) is 16.7 Å². The lowest BCUT2D eigenvalue weighted by atomic mass is 10.0. The number of ether oxygens (including phenoxy) is 1. The van der Waals surface area contributed by atoms with Crippen LogP contribution in [0.5, 0.6) is 5.75 Å². The van der Waals surface area contributed by atoms with Gasteiger partial charge in [0.15, 0.2) is 10.8 Å². The summed E-state index contributed by atoms with van der Waals surface area (Å²) in [6.45, 7) is -0.132. The SMILES string of the molecule is N#Cc1ccccc1OCC1=C(C(=O)O)N2C(=O)C(NC(=O)/C(=N\O)c3csc(N)n3)[C@H]2SC1.O=C(O)C(F)(F)F. The lowest BCUT2D eigenvalue weighted by Crippen LogP contribution is -2.71. The Bertz CT molecular complexity index is 1490. The molecule has 6 N–H and O–H groups in total. The Labute approximate surface area is 235 Å². The zero-order chi connectivity index (χ0) is 30.5. The number of aliphatic carboxylic acids is 2. The highest BCUT2D eigenvalue weighted by atomic mass is 32.2. The molecule has 1 saturated heterocycles. The summed E-state index contributed by atoms with van der Waals surface area (Å²) in [6, 6.07) is 7.50. The van der Waals surface area contributed by atoms with Crippen LogP contribution in [0.25, 0.3) is 0 Å². The number of para-hydroxylation sites is 1. The number of anilines is 1. The molecule has 0 spiro atoms. The largest absolute Gasteiger partial charge is 0.490 e. The number of nitrogens with two attached hydrogens (primary N) is 1. The molecule has 1 unspecified atom stereocenters. The number of carboxylic acid groups (broad SMARTS) is 2. The number of amides is 2. The smallest absolute Gasteiger partial charge is 0.488 e. The summed E-state index contributed by atoms with van der Waals surface area (Å²) in [4.78, 5) is 51.2. The molecule has 0 saturated carbocycles. The quantitative estimate of drug-likeness (QED) is 0.128. The molecule has 0 radical (unpaired) electrons. The number of halogens is 3. The van der Waals surface area contributed by atoms with E-state index in [4.69, 9.17) is 20.4 Å². The van der Waals surface area contributed by atoms with Crippen LogP contribution < -0.4 is 15.8 Å². The molecule has 2 aliphatic rings. The number of nitriles is 1. The van der Waals surface area contributed by atoms with Crippen LogP contribution in [0, 0.1) is 11.3 Å². The predicted molar refractivity (Wildman–Crippen MR) is 135 cm³/mol. The molecule has 4 rings (SSSR count). The van der Waals surface area contributed by atoms with Crippen molar-refractivity contribution in [1.82, 2.24) is 15.2 Å². The summed E-state index contributed by atoms with van der Waals surface area (Å²) < 4.78 is 37.4. The van der Waals surface area contributed by atoms with Crippen molar-refractivity contribution < 1.29 is 52.5 Å². The van der Waals surface area contributed by atoms with E-state index in [1.54, 1.807) is 24.3 Å². The third-order valence-electron chi connectivity index (χ3n) is 5.27. The number of hydrogen-bond donors (Lipinski definition) is 5. The highest BCUT2D eigenvalue weighted by molar-refractivity contribution is 8.00. The standard InChI is InChI=1S/C20H16N6O6S2.C2HF3O2/c21-5-9-3-1-2-4-12(9)32-6-10-7-33-18-14(17(28)26(18)15(10)19(29)30)24-16(27)13(25-31)11-8-34-20(22)23-11;3-2(4,5)1(6)7/h1-4,8,14,18,31H,6-7H2,(H2,22,23)(H,24,27)(H,29,30);(H,6,7)/b25-13-;/t14?,18-;/m1./s1. The van der Waals surface area contributed by atoms with Gasteiger partial charge in [-0.25, -0.2) is 14.6 Å². The number of carbonyl (C=O) groups excluding carboxylic acids is 2. The van der Waals surface area contributed by atoms with E-state index < -0.39 is 47.1 Å². The van der Waals surface area contributed by atoms with Gasteiger partial charge in [-0.15, -0.1) is 23.1 Å². The zero-order valence-electron chi connectivity index (χ0n) is 20.2. The topological polar surface area (TPSA) is 229 Å². The van der Waals surface area contributed by atoms with E-state index in [2.05, 4.69) is 15.5 Å². The van der Waals surface area contributed by atoms with Crippen LogP contribution in [-0.4, -0.2) is 84.7 Å². The van der Waals surface area contributed by atoms with Gasteiger partial charge in [-0.3, -0.25) is 14.5 Å². The van der Waals surface area contributed by atoms with E-state index in [1.165, 1.54) is 17.1 Å². The fourth-order valence-corrected chi connectivity index (χ4v) is 5.34. The van der Waals surface area contributed by atoms with Crippen LogP contribution in [-0.2, 0) is 19.2 Å². The maximum Gasteiger partial charge on any atom is 0.490 e. The average Bonchev–Trinajstić information content (AvgIpc) is 3.35. The minimum Gasteiger partial charge on any atom is -0.488 e. The summed E-state index contributed by atoms with van der Waals surface area (Å²) >= 11 is 2.29. The van der Waals surface area contributed by atoms with Gasteiger partial charge in [-0.1, -0.05) is 17.3 Å². The van der Waals surface area contributed by atoms with Crippen molar-refractivity contribution in [2.45, 2.75) is 17.6 Å². The Morgan fingerprint density at radius 2 is 1.95 bits per heavy atom. The molecule has 2 aliphatic heterocycles. The first-order chi connectivity index (χ1) is 19.3. The molecule has 3 heterocycles. The van der Waals surface area contributed by atoms with Gasteiger partial charge in [0.1, 0.15) is 41.2 Å². The van der Waals surface area contributed by atoms with E-state index in [9.17, 15) is 43.1 Å². The summed E-state index contributed by atoms with van der Waals surface area (Å²) in [6.07, 6.45) is -5.08. The van der Waals surface area contributed by atoms with Crippen molar-refractivity contribution >= 4 is 57.7 Å². The van der Waals surface area contributed by atoms with E-state index in [-0.39, 0.29) is 28.9 Å². The van der Waals surface area contributed by atoms with Gasteiger partial charge < -0.3 is 31.2 Å². The molecular formula is C22H17F3N6O8S2. The minimum absolute atomic E-state index is 0.0469. The Balaban J connectivity index is 0.000000587. The number of carbonyl (C=O) groups is 4. The van der Waals surface area contributed by atoms with Crippen molar-refractivity contribution in [1.29, 1.82) is 5.26 Å². The number of rotatable bonds is 7. The predicted octanol–water partition coefficient (Wildman–Crippen LogP) is 1.23. The summed E-state index contributed by atoms with van der Waals surface area (Å²) in [5, 5.41) is 41.7. The van der Waals surface area contributed by atoms with Crippen molar-refractivity contribution in [2.75, 3.05) is 18.1 Å². The molecule has 216 valence electrons. The van der Waals surface area contributed by atoms with Gasteiger partial charge in [0.2, 0.25) is 0 Å². The monoisotopic (exact) mass is 614 g/mol. The molecule has 0 bridgehead atoms. The number of alkyl halides is 3. The summed E-state index contributed by atoms with van der Waals surface area (Å²) in [5.41, 5.74) is 5.60. The van der Waals surface area contributed by atoms with Crippen LogP contribution >= 0.6 is 23.1 Å². The number of nitrogen functional groups attached to an aromatic ring is 1. The average molecular weight is 615 g/mol. The van der Waals surface area contributed by atoms with Crippen LogP contribution in [0.3, 0.4) is 0 Å². The summed E-state index contributed by atoms with van der Waals surface area (Å²) in [7, 11) is 0. The highest BCUT2D eigenvalue weighted by Gasteiger charge is 2.54. The number of fused-ring (bicyclic) bond motifs is 1. The second kappa shape index (κ2) is 12.6. The molecule has 2 atom stereocenters. The Hall–Kier alpha value is -4.83. The molecular weight excluding hydrogens is 597 g/mol. The summed E-state index contributed by atoms with van der Waals surface area (Å²) in [5.74, 6) is -5.03. The maximum atomic E-state index is 12.8. The second-order valence-corrected chi connectivity index (χ2v) is 9.83. The highest BCUT2D eigenvalue weighted by Crippen LogP contribution is 2.40. The molecule has 1 fully saturated rings. The van der Waals surface area contributed by atoms with Crippen LogP contribution in [0.2, 0.25) is 0 Å². The first-order valence-corrected chi connectivity index (χ1v) is 12.8. The number of carboxylic acids is 2. The van der Waals surface area contributed by atoms with Gasteiger partial charge in [0.05, 0.1) is 5.56 Å². The first-order valence-electron chi connectivity index (χ1n) is 10.9. The van der Waals surface area contributed by atoms with Crippen LogP contribution in [0.4, 0.5) is 18.3 Å². The Morgan fingerprint density at radius 3 is 2.49 bits per heavy atom. The van der Waals surface area contributed by atoms with Crippen molar-refractivity contribution in [3.05, 3.63) is 52.2 Å². The number of aromatic nitrogens is 1. The number of thiazole rings is 1. The van der Waals surface area contributed by atoms with E-state index in [0.717, 1.165) is 16.2 Å². The van der Waals surface area contributed by atoms with Gasteiger partial charge in [-0.05, 0) is 12.1 Å². The number of nitrogens with one attached hydrogen (secondary N) is 1. The molecule has 19 heteroatoms. The molecule has 0 aliphatic carbocycles. The number of thioether (sulfide) groups is 1. The molecule has 14 nitrogen and oxygen atoms in total. The number of nitrogens with zero attached hydrogens (tertiary/aromatic N) is 4. The van der Waals surface area contributed by atoms with Gasteiger partial charge in [0.25, 0.3) is 11.8 Å². The van der Waals surface area contributed by atoms with Crippen molar-refractivity contribution in [3.63, 3.8) is 0 Å². The molecule has 41 heavy (non-hydrogen) atoms. The fraction of sp³-hybridized carbons (Fsp3) is 0.227. The minimum atomic E-state index is -5.08. The Morgan fingerprint density at radius 1 is 1.29 bits per heavy atom. The third-order valence-corrected chi connectivity index (χ3v) is 7.28. The van der Waals surface area contributed by atoms with Gasteiger partial charge in [-0.2, -0.15) is 18.4 Å². The Kier molecular flexibility index (Phi) is 9.41. The fourth-order valence-electron chi connectivity index (χ4n) is 3.46. The third kappa shape index (κ3) is 6.85. The number of β-lactam (4-membered cyclic amide) rings is 1. The molecule has 1 aromatic heterocycles. The zero-order valence-corrected chi connectivity index (χ0v) is 21.8. The normalized spacial score (nSPS) is 18.2. The second-order valence-electron chi connectivity index (χ2n) is 7.84. The molecule has 2 aromatic rings. The van der Waals surface area contributed by atoms with Crippen LogP contribution in [0.1, 0.15) is 11.3 Å².